The van der Waals surface area contributed by atoms with Crippen molar-refractivity contribution >= 4 is 17.6 Å². The summed E-state index contributed by atoms with van der Waals surface area (Å²) >= 11 is 0. The number of anilines is 1. The maximum Gasteiger partial charge on any atom is 0.245 e. The molecule has 0 unspecified atom stereocenters. The molecule has 3 rings (SSSR count). The van der Waals surface area contributed by atoms with E-state index in [2.05, 4.69) is 26.1 Å². The van der Waals surface area contributed by atoms with Gasteiger partial charge < -0.3 is 10.2 Å². The van der Waals surface area contributed by atoms with Gasteiger partial charge in [-0.1, -0.05) is 94.5 Å². The van der Waals surface area contributed by atoms with Gasteiger partial charge in [0.05, 0.1) is 17.9 Å². The van der Waals surface area contributed by atoms with Crippen LogP contribution in [0.3, 0.4) is 0 Å². The summed E-state index contributed by atoms with van der Waals surface area (Å²) in [6.07, 6.45) is 5.95. The van der Waals surface area contributed by atoms with Gasteiger partial charge in [-0.15, -0.1) is 0 Å². The van der Waals surface area contributed by atoms with Crippen LogP contribution in [0.5, 0.6) is 0 Å². The Kier molecular flexibility index (Phi) is 10.3. The summed E-state index contributed by atoms with van der Waals surface area (Å²) in [6.45, 7) is 8.95. The van der Waals surface area contributed by atoms with Gasteiger partial charge in [-0.05, 0) is 31.4 Å². The van der Waals surface area contributed by atoms with Crippen molar-refractivity contribution < 1.29 is 9.59 Å². The molecule has 0 aliphatic rings. The van der Waals surface area contributed by atoms with Crippen molar-refractivity contribution in [1.29, 1.82) is 0 Å². The predicted octanol–water partition coefficient (Wildman–Crippen LogP) is 6.63. The van der Waals surface area contributed by atoms with Gasteiger partial charge in [0.25, 0.3) is 0 Å². The van der Waals surface area contributed by atoms with Crippen molar-refractivity contribution in [2.45, 2.75) is 66.2 Å². The van der Waals surface area contributed by atoms with E-state index in [4.69, 9.17) is 5.10 Å². The normalized spacial score (nSPS) is 11.0. The third-order valence-corrected chi connectivity index (χ3v) is 6.09. The summed E-state index contributed by atoms with van der Waals surface area (Å²) in [4.78, 5) is 27.8. The number of benzene rings is 2. The minimum atomic E-state index is -0.220. The van der Waals surface area contributed by atoms with Crippen molar-refractivity contribution in [2.75, 3.05) is 18.4 Å². The second-order valence-corrected chi connectivity index (χ2v) is 9.91. The fraction of sp³-hybridized carbons (Fsp3) is 0.433. The first-order valence-electron chi connectivity index (χ1n) is 13.2. The molecule has 192 valence electrons. The van der Waals surface area contributed by atoms with Gasteiger partial charge in [0.1, 0.15) is 5.82 Å². The van der Waals surface area contributed by atoms with Crippen molar-refractivity contribution in [2.24, 2.45) is 5.92 Å². The molecule has 0 saturated carbocycles. The molecule has 0 spiro atoms. The summed E-state index contributed by atoms with van der Waals surface area (Å²) in [5, 5.41) is 7.81. The van der Waals surface area contributed by atoms with E-state index < -0.39 is 0 Å². The average molecular weight is 489 g/mol. The third-order valence-electron chi connectivity index (χ3n) is 6.09. The van der Waals surface area contributed by atoms with E-state index in [1.54, 1.807) is 9.58 Å². The van der Waals surface area contributed by atoms with Crippen LogP contribution in [0, 0.1) is 12.8 Å². The third kappa shape index (κ3) is 8.08. The molecule has 1 N–H and O–H groups in total. The van der Waals surface area contributed by atoms with Crippen molar-refractivity contribution in [3.63, 3.8) is 0 Å². The number of hydrogen-bond donors (Lipinski definition) is 1. The summed E-state index contributed by atoms with van der Waals surface area (Å²) in [5.74, 6) is 0.694. The molecule has 0 saturated heterocycles. The Morgan fingerprint density at radius 3 is 2.33 bits per heavy atom. The lowest BCUT2D eigenvalue weighted by atomic mass is 10.1. The van der Waals surface area contributed by atoms with Gasteiger partial charge in [-0.2, -0.15) is 5.10 Å². The van der Waals surface area contributed by atoms with Crippen LogP contribution in [0.15, 0.2) is 60.7 Å². The molecule has 0 bridgehead atoms. The van der Waals surface area contributed by atoms with Crippen LogP contribution in [-0.2, 0) is 9.59 Å². The highest BCUT2D eigenvalue weighted by Crippen LogP contribution is 2.25. The number of nitrogens with zero attached hydrogens (tertiary/aromatic N) is 3. The Hall–Kier alpha value is -3.41. The van der Waals surface area contributed by atoms with E-state index >= 15 is 0 Å². The van der Waals surface area contributed by atoms with Crippen LogP contribution >= 0.6 is 0 Å². The lowest BCUT2D eigenvalue weighted by Gasteiger charge is -2.24. The lowest BCUT2D eigenvalue weighted by molar-refractivity contribution is -0.135. The Morgan fingerprint density at radius 2 is 1.67 bits per heavy atom. The molecule has 1 heterocycles. The molecule has 0 aliphatic heterocycles. The van der Waals surface area contributed by atoms with E-state index in [-0.39, 0.29) is 24.3 Å². The number of nitrogens with one attached hydrogen (secondary N) is 1. The first-order chi connectivity index (χ1) is 17.4. The second kappa shape index (κ2) is 13.6. The summed E-state index contributed by atoms with van der Waals surface area (Å²) < 4.78 is 1.75. The molecule has 0 radical (unpaired) electrons. The van der Waals surface area contributed by atoms with Crippen molar-refractivity contribution in [1.82, 2.24) is 14.7 Å². The van der Waals surface area contributed by atoms with Crippen LogP contribution in [0.2, 0.25) is 0 Å². The smallest absolute Gasteiger partial charge is 0.245 e. The second-order valence-electron chi connectivity index (χ2n) is 9.91. The first kappa shape index (κ1) is 27.2. The highest BCUT2D eigenvalue weighted by atomic mass is 16.2. The Labute approximate surface area is 215 Å². The highest BCUT2D eigenvalue weighted by Gasteiger charge is 2.20. The molecular formula is C30H40N4O2. The van der Waals surface area contributed by atoms with E-state index in [1.807, 2.05) is 67.6 Å². The van der Waals surface area contributed by atoms with E-state index in [0.717, 1.165) is 41.8 Å². The molecule has 2 amide bonds. The molecule has 36 heavy (non-hydrogen) atoms. The van der Waals surface area contributed by atoms with Crippen molar-refractivity contribution in [3.05, 3.63) is 66.2 Å². The van der Waals surface area contributed by atoms with Crippen molar-refractivity contribution in [3.8, 4) is 16.9 Å². The van der Waals surface area contributed by atoms with Gasteiger partial charge in [-0.25, -0.2) is 4.68 Å². The molecule has 0 atom stereocenters. The number of hydrogen-bond acceptors (Lipinski definition) is 3. The maximum atomic E-state index is 13.2. The SMILES string of the molecule is CCCCCCCC(=O)N(CC(=O)Nc1cc(-c2ccccc2)nn1-c1ccc(C)cc1)CC(C)C. The number of amides is 2. The standard InChI is InChI=1S/C30H40N4O2/c1-5-6-7-8-12-15-30(36)33(21-23(2)3)22-29(35)31-28-20-27(25-13-10-9-11-14-25)32-34(28)26-18-16-24(4)17-19-26/h9-11,13-14,16-20,23H,5-8,12,15,21-22H2,1-4H3,(H,31,35). The minimum Gasteiger partial charge on any atom is -0.333 e. The number of carbonyl (C=O) groups is 2. The number of carbonyl (C=O) groups excluding carboxylic acids is 2. The molecule has 6 nitrogen and oxygen atoms in total. The Bertz CT molecular complexity index is 1100. The van der Waals surface area contributed by atoms with Crippen LogP contribution in [0.25, 0.3) is 16.9 Å². The molecule has 2 aromatic carbocycles. The zero-order chi connectivity index (χ0) is 25.9. The molecular weight excluding hydrogens is 448 g/mol. The van der Waals surface area contributed by atoms with E-state index in [9.17, 15) is 9.59 Å². The van der Waals surface area contributed by atoms with Crippen LogP contribution in [-0.4, -0.2) is 39.6 Å². The van der Waals surface area contributed by atoms with Crippen LogP contribution in [0.4, 0.5) is 5.82 Å². The summed E-state index contributed by atoms with van der Waals surface area (Å²) in [5.41, 5.74) is 3.75. The van der Waals surface area contributed by atoms with Crippen LogP contribution in [0.1, 0.15) is 64.9 Å². The first-order valence-corrected chi connectivity index (χ1v) is 13.2. The average Bonchev–Trinajstić information content (AvgIpc) is 3.27. The number of unbranched alkanes of at least 4 members (excludes halogenated alkanes) is 4. The number of aromatic nitrogens is 2. The maximum absolute atomic E-state index is 13.2. The fourth-order valence-corrected chi connectivity index (χ4v) is 4.19. The lowest BCUT2D eigenvalue weighted by Crippen LogP contribution is -2.40. The van der Waals surface area contributed by atoms with Gasteiger partial charge >= 0.3 is 0 Å². The van der Waals surface area contributed by atoms with E-state index in [0.29, 0.717) is 18.8 Å². The van der Waals surface area contributed by atoms with Gasteiger partial charge in [0.2, 0.25) is 11.8 Å². The Balaban J connectivity index is 1.76. The van der Waals surface area contributed by atoms with Gasteiger partial charge in [0.15, 0.2) is 0 Å². The molecule has 6 heteroatoms. The summed E-state index contributed by atoms with van der Waals surface area (Å²) in [6, 6.07) is 19.8. The minimum absolute atomic E-state index is 0.0335. The van der Waals surface area contributed by atoms with E-state index in [1.165, 1.54) is 12.8 Å². The largest absolute Gasteiger partial charge is 0.333 e. The quantitative estimate of drug-likeness (QED) is 0.275. The molecule has 0 aliphatic carbocycles. The summed E-state index contributed by atoms with van der Waals surface area (Å²) in [7, 11) is 0. The highest BCUT2D eigenvalue weighted by molar-refractivity contribution is 5.94. The van der Waals surface area contributed by atoms with Gasteiger partial charge in [-0.3, -0.25) is 9.59 Å². The molecule has 1 aromatic heterocycles. The zero-order valence-corrected chi connectivity index (χ0v) is 22.2. The van der Waals surface area contributed by atoms with Gasteiger partial charge in [0, 0.05) is 24.6 Å². The molecule has 0 fully saturated rings. The predicted molar refractivity (Wildman–Crippen MR) is 147 cm³/mol. The monoisotopic (exact) mass is 488 g/mol. The number of aryl methyl sites for hydroxylation is 1. The van der Waals surface area contributed by atoms with Crippen LogP contribution < -0.4 is 5.32 Å². The molecule has 3 aromatic rings. The topological polar surface area (TPSA) is 67.2 Å². The Morgan fingerprint density at radius 1 is 0.972 bits per heavy atom. The zero-order valence-electron chi connectivity index (χ0n) is 22.2. The number of rotatable bonds is 13. The fourth-order valence-electron chi connectivity index (χ4n) is 4.19.